The van der Waals surface area contributed by atoms with Gasteiger partial charge in [0.15, 0.2) is 0 Å². The molecule has 0 amide bonds. The van der Waals surface area contributed by atoms with Crippen LogP contribution in [0.5, 0.6) is 0 Å². The van der Waals surface area contributed by atoms with E-state index >= 15 is 0 Å². The highest BCUT2D eigenvalue weighted by Crippen LogP contribution is 2.48. The number of likely N-dealkylation sites (tertiary alicyclic amines) is 2. The monoisotopic (exact) mass is 286 g/mol. The third kappa shape index (κ3) is 2.32. The van der Waals surface area contributed by atoms with E-state index in [1.807, 2.05) is 0 Å². The van der Waals surface area contributed by atoms with Gasteiger partial charge in [-0.2, -0.15) is 0 Å². The molecule has 0 aromatic rings. The summed E-state index contributed by atoms with van der Waals surface area (Å²) in [6.07, 6.45) is 7.17. The standard InChI is InChI=1S/C13H23BrN2/c14-10-13(4-5-13)11-15-8-3-12(9-15)16-6-1-2-7-16/h12H,1-11H2. The van der Waals surface area contributed by atoms with Crippen molar-refractivity contribution < 1.29 is 0 Å². The molecule has 0 aromatic carbocycles. The average Bonchev–Trinajstić information content (AvgIpc) is 2.72. The van der Waals surface area contributed by atoms with Gasteiger partial charge in [0.2, 0.25) is 0 Å². The number of hydrogen-bond acceptors (Lipinski definition) is 2. The Labute approximate surface area is 107 Å². The molecule has 1 saturated carbocycles. The van der Waals surface area contributed by atoms with E-state index in [-0.39, 0.29) is 0 Å². The summed E-state index contributed by atoms with van der Waals surface area (Å²) in [6, 6.07) is 0.883. The van der Waals surface area contributed by atoms with Gasteiger partial charge in [0, 0.05) is 24.5 Å². The summed E-state index contributed by atoms with van der Waals surface area (Å²) >= 11 is 3.68. The van der Waals surface area contributed by atoms with Crippen molar-refractivity contribution in [1.29, 1.82) is 0 Å². The van der Waals surface area contributed by atoms with E-state index in [1.165, 1.54) is 70.2 Å². The van der Waals surface area contributed by atoms with Crippen LogP contribution in [0.3, 0.4) is 0 Å². The van der Waals surface area contributed by atoms with Crippen LogP contribution >= 0.6 is 15.9 Å². The first kappa shape index (κ1) is 11.5. The molecule has 3 heteroatoms. The smallest absolute Gasteiger partial charge is 0.0235 e. The minimum absolute atomic E-state index is 0.667. The molecule has 2 aliphatic heterocycles. The minimum atomic E-state index is 0.667. The largest absolute Gasteiger partial charge is 0.301 e. The first-order chi connectivity index (χ1) is 7.81. The molecule has 3 rings (SSSR count). The molecule has 2 heterocycles. The van der Waals surface area contributed by atoms with Crippen LogP contribution in [-0.4, -0.2) is 53.9 Å². The fourth-order valence-electron chi connectivity index (χ4n) is 3.35. The molecule has 1 atom stereocenters. The zero-order chi connectivity index (χ0) is 11.0. The number of nitrogens with zero attached hydrogens (tertiary/aromatic N) is 2. The Morgan fingerprint density at radius 3 is 2.50 bits per heavy atom. The highest BCUT2D eigenvalue weighted by molar-refractivity contribution is 9.09. The maximum Gasteiger partial charge on any atom is 0.0235 e. The first-order valence-electron chi connectivity index (χ1n) is 6.84. The fraction of sp³-hybridized carbons (Fsp3) is 1.00. The van der Waals surface area contributed by atoms with Crippen molar-refractivity contribution >= 4 is 15.9 Å². The number of halogens is 1. The molecule has 3 aliphatic rings. The zero-order valence-electron chi connectivity index (χ0n) is 10.1. The van der Waals surface area contributed by atoms with Gasteiger partial charge in [-0.3, -0.25) is 4.90 Å². The van der Waals surface area contributed by atoms with Crippen LogP contribution in [0, 0.1) is 5.41 Å². The van der Waals surface area contributed by atoms with Gasteiger partial charge in [0.05, 0.1) is 0 Å². The molecule has 0 N–H and O–H groups in total. The van der Waals surface area contributed by atoms with E-state index in [0.29, 0.717) is 5.41 Å². The molecule has 1 aliphatic carbocycles. The van der Waals surface area contributed by atoms with Crippen LogP contribution in [0.15, 0.2) is 0 Å². The highest BCUT2D eigenvalue weighted by Gasteiger charge is 2.44. The van der Waals surface area contributed by atoms with Crippen molar-refractivity contribution in [2.75, 3.05) is 38.1 Å². The van der Waals surface area contributed by atoms with Crippen LogP contribution in [0.4, 0.5) is 0 Å². The number of rotatable bonds is 4. The van der Waals surface area contributed by atoms with E-state index in [1.54, 1.807) is 0 Å². The Morgan fingerprint density at radius 2 is 1.88 bits per heavy atom. The maximum atomic E-state index is 3.68. The Hall–Kier alpha value is 0.400. The molecule has 0 spiro atoms. The molecule has 92 valence electrons. The highest BCUT2D eigenvalue weighted by atomic mass is 79.9. The SMILES string of the molecule is BrCC1(CN2CCC(N3CCCC3)C2)CC1. The van der Waals surface area contributed by atoms with Crippen LogP contribution in [0.1, 0.15) is 32.1 Å². The van der Waals surface area contributed by atoms with Crippen molar-refractivity contribution in [1.82, 2.24) is 9.80 Å². The molecule has 0 bridgehead atoms. The van der Waals surface area contributed by atoms with Gasteiger partial charge >= 0.3 is 0 Å². The lowest BCUT2D eigenvalue weighted by atomic mass is 10.1. The van der Waals surface area contributed by atoms with Gasteiger partial charge in [-0.15, -0.1) is 0 Å². The Morgan fingerprint density at radius 1 is 1.12 bits per heavy atom. The van der Waals surface area contributed by atoms with Gasteiger partial charge in [-0.25, -0.2) is 0 Å². The van der Waals surface area contributed by atoms with Gasteiger partial charge in [0.25, 0.3) is 0 Å². The van der Waals surface area contributed by atoms with E-state index < -0.39 is 0 Å². The Kier molecular flexibility index (Phi) is 3.29. The summed E-state index contributed by atoms with van der Waals surface area (Å²) < 4.78 is 0. The lowest BCUT2D eigenvalue weighted by Gasteiger charge is -2.25. The quantitative estimate of drug-likeness (QED) is 0.732. The predicted molar refractivity (Wildman–Crippen MR) is 71.1 cm³/mol. The number of hydrogen-bond donors (Lipinski definition) is 0. The Bertz CT molecular complexity index is 246. The van der Waals surface area contributed by atoms with Gasteiger partial charge < -0.3 is 4.90 Å². The summed E-state index contributed by atoms with van der Waals surface area (Å²) in [6.45, 7) is 6.76. The molecule has 0 aromatic heterocycles. The molecule has 2 nitrogen and oxygen atoms in total. The molecule has 2 saturated heterocycles. The molecule has 0 radical (unpaired) electrons. The second-order valence-corrected chi connectivity index (χ2v) is 6.62. The van der Waals surface area contributed by atoms with Crippen molar-refractivity contribution in [3.05, 3.63) is 0 Å². The van der Waals surface area contributed by atoms with Crippen LogP contribution in [0.25, 0.3) is 0 Å². The van der Waals surface area contributed by atoms with E-state index in [9.17, 15) is 0 Å². The topological polar surface area (TPSA) is 6.48 Å². The van der Waals surface area contributed by atoms with Crippen molar-refractivity contribution in [3.63, 3.8) is 0 Å². The van der Waals surface area contributed by atoms with E-state index in [4.69, 9.17) is 0 Å². The first-order valence-corrected chi connectivity index (χ1v) is 7.96. The predicted octanol–water partition coefficient (Wildman–Crippen LogP) is 2.33. The van der Waals surface area contributed by atoms with Crippen LogP contribution in [0.2, 0.25) is 0 Å². The third-order valence-electron chi connectivity index (χ3n) is 4.70. The lowest BCUT2D eigenvalue weighted by Crippen LogP contribution is -2.37. The summed E-state index contributed by atoms with van der Waals surface area (Å²) in [5.74, 6) is 0. The van der Waals surface area contributed by atoms with Crippen LogP contribution < -0.4 is 0 Å². The molecular formula is C13H23BrN2. The third-order valence-corrected chi connectivity index (χ3v) is 5.89. The van der Waals surface area contributed by atoms with Gasteiger partial charge in [-0.05, 0) is 57.2 Å². The van der Waals surface area contributed by atoms with Crippen LogP contribution in [-0.2, 0) is 0 Å². The summed E-state index contributed by atoms with van der Waals surface area (Å²) in [5, 5.41) is 1.21. The van der Waals surface area contributed by atoms with Crippen molar-refractivity contribution in [2.45, 2.75) is 38.1 Å². The lowest BCUT2D eigenvalue weighted by molar-refractivity contribution is 0.218. The fourth-order valence-corrected chi connectivity index (χ4v) is 4.08. The maximum absolute atomic E-state index is 3.68. The van der Waals surface area contributed by atoms with E-state index in [0.717, 1.165) is 6.04 Å². The molecular weight excluding hydrogens is 264 g/mol. The molecule has 16 heavy (non-hydrogen) atoms. The van der Waals surface area contributed by atoms with Crippen molar-refractivity contribution in [3.8, 4) is 0 Å². The summed E-state index contributed by atoms with van der Waals surface area (Å²) in [7, 11) is 0. The van der Waals surface area contributed by atoms with Gasteiger partial charge in [-0.1, -0.05) is 15.9 Å². The second kappa shape index (κ2) is 4.58. The van der Waals surface area contributed by atoms with E-state index in [2.05, 4.69) is 25.7 Å². The minimum Gasteiger partial charge on any atom is -0.301 e. The number of alkyl halides is 1. The average molecular weight is 287 g/mol. The van der Waals surface area contributed by atoms with Gasteiger partial charge in [0.1, 0.15) is 0 Å². The molecule has 3 fully saturated rings. The molecule has 1 unspecified atom stereocenters. The summed E-state index contributed by atoms with van der Waals surface area (Å²) in [4.78, 5) is 5.45. The van der Waals surface area contributed by atoms with Crippen molar-refractivity contribution in [2.24, 2.45) is 5.41 Å². The normalized spacial score (nSPS) is 34.7. The summed E-state index contributed by atoms with van der Waals surface area (Å²) in [5.41, 5.74) is 0.667. The zero-order valence-corrected chi connectivity index (χ0v) is 11.7. The Balaban J connectivity index is 1.49. The second-order valence-electron chi connectivity index (χ2n) is 6.05.